The smallest absolute Gasteiger partial charge is 0.305 e. The second kappa shape index (κ2) is 16.3. The van der Waals surface area contributed by atoms with Crippen LogP contribution in [-0.4, -0.2) is 75.9 Å². The van der Waals surface area contributed by atoms with E-state index in [0.717, 1.165) is 25.6 Å². The molecule has 12 nitrogen and oxygen atoms in total. The Morgan fingerprint density at radius 3 is 2.19 bits per heavy atom. The predicted octanol–water partition coefficient (Wildman–Crippen LogP) is 1.05. The largest absolute Gasteiger partial charge is 0.481 e. The van der Waals surface area contributed by atoms with Crippen LogP contribution < -0.4 is 27.4 Å². The van der Waals surface area contributed by atoms with Crippen LogP contribution in [0.4, 0.5) is 0 Å². The van der Waals surface area contributed by atoms with Gasteiger partial charge in [-0.3, -0.25) is 24.0 Å². The number of carboxylic acids is 1. The maximum Gasteiger partial charge on any atom is 0.305 e. The van der Waals surface area contributed by atoms with Crippen LogP contribution in [0.2, 0.25) is 0 Å². The molecule has 0 aliphatic rings. The van der Waals surface area contributed by atoms with Crippen LogP contribution in [0, 0.1) is 3.57 Å². The summed E-state index contributed by atoms with van der Waals surface area (Å²) in [4.78, 5) is 66.3. The Morgan fingerprint density at radius 1 is 0.907 bits per heavy atom. The lowest BCUT2D eigenvalue weighted by Crippen LogP contribution is -2.58. The van der Waals surface area contributed by atoms with Crippen molar-refractivity contribution in [3.63, 3.8) is 0 Å². The monoisotopic (exact) mass is 722 g/mol. The highest BCUT2D eigenvalue weighted by Gasteiger charge is 2.31. The number of amides is 4. The van der Waals surface area contributed by atoms with Crippen molar-refractivity contribution in [2.75, 3.05) is 12.0 Å². The molecule has 0 fully saturated rings. The van der Waals surface area contributed by atoms with Crippen LogP contribution in [-0.2, 0) is 36.8 Å². The molecule has 0 saturated heterocycles. The lowest BCUT2D eigenvalue weighted by Gasteiger charge is -2.25. The molecule has 0 spiro atoms. The summed E-state index contributed by atoms with van der Waals surface area (Å²) in [6.45, 7) is 0. The summed E-state index contributed by atoms with van der Waals surface area (Å²) >= 11 is 3.58. The average Bonchev–Trinajstić information content (AvgIpc) is 3.37. The quantitative estimate of drug-likeness (QED) is 0.106. The van der Waals surface area contributed by atoms with Crippen molar-refractivity contribution in [1.82, 2.24) is 20.9 Å². The highest BCUT2D eigenvalue weighted by Crippen LogP contribution is 2.19. The molecule has 43 heavy (non-hydrogen) atoms. The van der Waals surface area contributed by atoms with E-state index >= 15 is 0 Å². The summed E-state index contributed by atoms with van der Waals surface area (Å²) in [5.74, 6) is -3.89. The van der Waals surface area contributed by atoms with Crippen molar-refractivity contribution in [2.45, 2.75) is 49.9 Å². The van der Waals surface area contributed by atoms with E-state index in [0.29, 0.717) is 5.75 Å². The number of rotatable bonds is 16. The molecule has 0 saturated carbocycles. The Labute approximate surface area is 266 Å². The zero-order valence-corrected chi connectivity index (χ0v) is 26.4. The SMILES string of the molecule is CSCC[C@H](NC(=O)[C@H](N)Cc1c[nH]c2ccccc12)C(=O)N[C@@H](CC(=O)O)C(=O)N[C@@H](Cc1ccc(I)cc1)C(N)=O. The van der Waals surface area contributed by atoms with Gasteiger partial charge in [0.25, 0.3) is 0 Å². The molecule has 4 amide bonds. The second-order valence-corrected chi connectivity index (χ2v) is 12.2. The van der Waals surface area contributed by atoms with E-state index in [1.54, 1.807) is 18.3 Å². The van der Waals surface area contributed by atoms with Crippen molar-refractivity contribution in [1.29, 1.82) is 0 Å². The van der Waals surface area contributed by atoms with Crippen LogP contribution >= 0.6 is 34.4 Å². The number of aromatic nitrogens is 1. The van der Waals surface area contributed by atoms with Gasteiger partial charge in [0, 0.05) is 27.1 Å². The van der Waals surface area contributed by atoms with Gasteiger partial charge in [-0.25, -0.2) is 0 Å². The summed E-state index contributed by atoms with van der Waals surface area (Å²) in [6, 6.07) is 10.1. The molecule has 1 heterocycles. The fraction of sp³-hybridized carbons (Fsp3) is 0.345. The molecule has 0 unspecified atom stereocenters. The number of H-pyrrole nitrogens is 1. The molecule has 1 aromatic heterocycles. The molecule has 0 radical (unpaired) electrons. The van der Waals surface area contributed by atoms with Crippen molar-refractivity contribution in [3.8, 4) is 0 Å². The lowest BCUT2D eigenvalue weighted by atomic mass is 10.0. The van der Waals surface area contributed by atoms with Gasteiger partial charge < -0.3 is 37.5 Å². The Balaban J connectivity index is 1.69. The third-order valence-electron chi connectivity index (χ3n) is 6.72. The summed E-state index contributed by atoms with van der Waals surface area (Å²) in [7, 11) is 0. The van der Waals surface area contributed by atoms with Gasteiger partial charge in [0.15, 0.2) is 0 Å². The first-order chi connectivity index (χ1) is 20.5. The number of carbonyl (C=O) groups excluding carboxylic acids is 4. The maximum absolute atomic E-state index is 13.3. The first kappa shape index (κ1) is 33.9. The van der Waals surface area contributed by atoms with Crippen molar-refractivity contribution in [2.24, 2.45) is 11.5 Å². The number of aliphatic carboxylic acids is 1. The minimum absolute atomic E-state index is 0.0758. The van der Waals surface area contributed by atoms with Gasteiger partial charge >= 0.3 is 5.97 Å². The molecule has 0 aliphatic heterocycles. The molecule has 0 bridgehead atoms. The molecular weight excluding hydrogens is 687 g/mol. The van der Waals surface area contributed by atoms with E-state index in [9.17, 15) is 29.1 Å². The minimum atomic E-state index is -1.53. The van der Waals surface area contributed by atoms with Gasteiger partial charge in [-0.1, -0.05) is 30.3 Å². The predicted molar refractivity (Wildman–Crippen MR) is 173 cm³/mol. The average molecular weight is 723 g/mol. The second-order valence-electron chi connectivity index (χ2n) is 9.97. The molecule has 9 N–H and O–H groups in total. The molecular formula is C29H35IN6O6S. The number of para-hydroxylation sites is 1. The van der Waals surface area contributed by atoms with Gasteiger partial charge in [-0.2, -0.15) is 11.8 Å². The number of nitrogens with two attached hydrogens (primary N) is 2. The van der Waals surface area contributed by atoms with E-state index in [-0.39, 0.29) is 19.3 Å². The first-order valence-corrected chi connectivity index (χ1v) is 15.9. The van der Waals surface area contributed by atoms with Crippen molar-refractivity contribution >= 4 is 74.9 Å². The van der Waals surface area contributed by atoms with E-state index in [4.69, 9.17) is 11.5 Å². The zero-order valence-electron chi connectivity index (χ0n) is 23.5. The van der Waals surface area contributed by atoms with E-state index in [1.165, 1.54) is 11.8 Å². The van der Waals surface area contributed by atoms with Gasteiger partial charge in [-0.15, -0.1) is 0 Å². The minimum Gasteiger partial charge on any atom is -0.481 e. The normalized spacial score (nSPS) is 13.8. The molecule has 230 valence electrons. The lowest BCUT2D eigenvalue weighted by molar-refractivity contribution is -0.141. The number of benzene rings is 2. The fourth-order valence-corrected chi connectivity index (χ4v) is 5.25. The number of thioether (sulfide) groups is 1. The summed E-state index contributed by atoms with van der Waals surface area (Å²) in [5, 5.41) is 17.9. The highest BCUT2D eigenvalue weighted by molar-refractivity contribution is 14.1. The number of nitrogens with one attached hydrogen (secondary N) is 4. The van der Waals surface area contributed by atoms with E-state index in [2.05, 4.69) is 43.5 Å². The van der Waals surface area contributed by atoms with Gasteiger partial charge in [0.2, 0.25) is 23.6 Å². The number of hydrogen-bond acceptors (Lipinski definition) is 7. The molecule has 4 atom stereocenters. The molecule has 3 aromatic rings. The van der Waals surface area contributed by atoms with Crippen LogP contribution in [0.15, 0.2) is 54.7 Å². The standard InChI is InChI=1S/C29H35IN6O6S/c1-43-11-10-22(34-27(40)20(31)13-17-15-33-21-5-3-2-4-19(17)21)28(41)36-24(14-25(37)38)29(42)35-23(26(32)39)12-16-6-8-18(30)9-7-16/h2-9,15,20,22-24,33H,10-14,31H2,1H3,(H2,32,39)(H,34,40)(H,35,42)(H,36,41)(H,37,38)/t20-,22+,23+,24+/m1/s1. The van der Waals surface area contributed by atoms with Gasteiger partial charge in [-0.05, 0) is 76.8 Å². The van der Waals surface area contributed by atoms with Gasteiger partial charge in [0.1, 0.15) is 18.1 Å². The Kier molecular flexibility index (Phi) is 12.8. The van der Waals surface area contributed by atoms with Crippen LogP contribution in [0.1, 0.15) is 24.0 Å². The third-order valence-corrected chi connectivity index (χ3v) is 8.08. The molecule has 0 aliphatic carbocycles. The highest BCUT2D eigenvalue weighted by atomic mass is 127. The third kappa shape index (κ3) is 10.2. The number of hydrogen-bond donors (Lipinski definition) is 7. The maximum atomic E-state index is 13.3. The van der Waals surface area contributed by atoms with Crippen LogP contribution in [0.3, 0.4) is 0 Å². The van der Waals surface area contributed by atoms with E-state index < -0.39 is 60.2 Å². The Hall–Kier alpha value is -3.63. The summed E-state index contributed by atoms with van der Waals surface area (Å²) in [5.41, 5.74) is 14.2. The number of carbonyl (C=O) groups is 5. The zero-order chi connectivity index (χ0) is 31.5. The Morgan fingerprint density at radius 2 is 1.53 bits per heavy atom. The summed E-state index contributed by atoms with van der Waals surface area (Å²) < 4.78 is 0.979. The van der Waals surface area contributed by atoms with E-state index in [1.807, 2.05) is 42.7 Å². The number of aromatic amines is 1. The summed E-state index contributed by atoms with van der Waals surface area (Å²) in [6.07, 6.45) is 3.35. The fourth-order valence-electron chi connectivity index (χ4n) is 4.42. The molecule has 14 heteroatoms. The number of fused-ring (bicyclic) bond motifs is 1. The van der Waals surface area contributed by atoms with Crippen molar-refractivity contribution < 1.29 is 29.1 Å². The van der Waals surface area contributed by atoms with Crippen molar-refractivity contribution in [3.05, 3.63) is 69.4 Å². The topological polar surface area (TPSA) is 209 Å². The molecule has 3 rings (SSSR count). The van der Waals surface area contributed by atoms with Crippen LogP contribution in [0.25, 0.3) is 10.9 Å². The Bertz CT molecular complexity index is 1450. The number of carboxylic acid groups (broad SMARTS) is 1. The number of primary amides is 1. The number of halogens is 1. The van der Waals surface area contributed by atoms with Gasteiger partial charge in [0.05, 0.1) is 12.5 Å². The first-order valence-electron chi connectivity index (χ1n) is 13.4. The molecule has 2 aromatic carbocycles. The van der Waals surface area contributed by atoms with Crippen LogP contribution in [0.5, 0.6) is 0 Å².